The van der Waals surface area contributed by atoms with Gasteiger partial charge in [0.2, 0.25) is 0 Å². The van der Waals surface area contributed by atoms with E-state index in [1.807, 2.05) is 49.4 Å². The van der Waals surface area contributed by atoms with Crippen LogP contribution in [0.25, 0.3) is 17.0 Å². The molecule has 76 valence electrons. The van der Waals surface area contributed by atoms with E-state index >= 15 is 0 Å². The van der Waals surface area contributed by atoms with Crippen molar-refractivity contribution in [2.24, 2.45) is 0 Å². The van der Waals surface area contributed by atoms with Crippen LogP contribution in [0.15, 0.2) is 41.2 Å². The molecule has 15 heavy (non-hydrogen) atoms. The normalized spacial score (nSPS) is 11.3. The zero-order valence-corrected chi connectivity index (χ0v) is 8.66. The van der Waals surface area contributed by atoms with Crippen LogP contribution < -0.4 is 5.56 Å². The van der Waals surface area contributed by atoms with Crippen LogP contribution in [0.2, 0.25) is 0 Å². The predicted molar refractivity (Wildman–Crippen MR) is 63.9 cm³/mol. The minimum absolute atomic E-state index is 0.0293. The largest absolute Gasteiger partial charge is 0.321 e. The van der Waals surface area contributed by atoms with E-state index in [4.69, 9.17) is 0 Å². The second kappa shape index (κ2) is 4.13. The van der Waals surface area contributed by atoms with E-state index in [2.05, 4.69) is 4.98 Å². The number of allylic oxidation sites excluding steroid dienone is 1. The Labute approximate surface area is 88.3 Å². The molecule has 1 aromatic heterocycles. The SMILES string of the molecule is CCC=Cc1cc2ccccc2[nH]c1=O. The third-order valence-corrected chi connectivity index (χ3v) is 2.32. The Morgan fingerprint density at radius 1 is 1.33 bits per heavy atom. The third kappa shape index (κ3) is 1.99. The quantitative estimate of drug-likeness (QED) is 0.792. The van der Waals surface area contributed by atoms with Crippen LogP contribution in [0, 0.1) is 0 Å². The van der Waals surface area contributed by atoms with Gasteiger partial charge < -0.3 is 4.98 Å². The molecule has 0 amide bonds. The molecule has 0 aliphatic carbocycles. The summed E-state index contributed by atoms with van der Waals surface area (Å²) in [6.07, 6.45) is 4.79. The van der Waals surface area contributed by atoms with Crippen LogP contribution in [-0.2, 0) is 0 Å². The van der Waals surface area contributed by atoms with Gasteiger partial charge in [0, 0.05) is 11.1 Å². The molecule has 2 aromatic rings. The fourth-order valence-corrected chi connectivity index (χ4v) is 1.53. The van der Waals surface area contributed by atoms with Crippen LogP contribution >= 0.6 is 0 Å². The molecule has 1 N–H and O–H groups in total. The first kappa shape index (κ1) is 9.71. The van der Waals surface area contributed by atoms with Crippen LogP contribution in [0.3, 0.4) is 0 Å². The van der Waals surface area contributed by atoms with Gasteiger partial charge in [0.25, 0.3) is 5.56 Å². The average Bonchev–Trinajstić information content (AvgIpc) is 2.26. The lowest BCUT2D eigenvalue weighted by molar-refractivity contribution is 1.23. The smallest absolute Gasteiger partial charge is 0.255 e. The molecule has 0 radical (unpaired) electrons. The number of rotatable bonds is 2. The second-order valence-electron chi connectivity index (χ2n) is 3.45. The minimum atomic E-state index is -0.0293. The van der Waals surface area contributed by atoms with E-state index in [9.17, 15) is 4.79 Å². The van der Waals surface area contributed by atoms with E-state index in [0.717, 1.165) is 22.9 Å². The molecule has 2 heteroatoms. The lowest BCUT2D eigenvalue weighted by Crippen LogP contribution is -2.08. The summed E-state index contributed by atoms with van der Waals surface area (Å²) in [6, 6.07) is 9.70. The summed E-state index contributed by atoms with van der Waals surface area (Å²) in [6.45, 7) is 2.05. The van der Waals surface area contributed by atoms with Crippen molar-refractivity contribution in [1.82, 2.24) is 4.98 Å². The summed E-state index contributed by atoms with van der Waals surface area (Å²) in [4.78, 5) is 14.5. The van der Waals surface area contributed by atoms with Gasteiger partial charge in [-0.3, -0.25) is 4.79 Å². The molecule has 0 unspecified atom stereocenters. The first-order chi connectivity index (χ1) is 7.31. The molecular weight excluding hydrogens is 186 g/mol. The molecule has 0 saturated carbocycles. The summed E-state index contributed by atoms with van der Waals surface area (Å²) in [7, 11) is 0. The van der Waals surface area contributed by atoms with E-state index < -0.39 is 0 Å². The Hall–Kier alpha value is -1.83. The van der Waals surface area contributed by atoms with Crippen molar-refractivity contribution >= 4 is 17.0 Å². The fraction of sp³-hybridized carbons (Fsp3) is 0.154. The number of pyridine rings is 1. The van der Waals surface area contributed by atoms with E-state index in [1.54, 1.807) is 0 Å². The molecule has 0 spiro atoms. The number of para-hydroxylation sites is 1. The number of H-pyrrole nitrogens is 1. The molecule has 1 aromatic carbocycles. The van der Waals surface area contributed by atoms with Gasteiger partial charge in [-0.15, -0.1) is 0 Å². The molecule has 0 atom stereocenters. The molecule has 0 aliphatic heterocycles. The summed E-state index contributed by atoms with van der Waals surface area (Å²) in [5, 5.41) is 1.06. The maximum atomic E-state index is 11.6. The number of aromatic amines is 1. The maximum Gasteiger partial charge on any atom is 0.255 e. The van der Waals surface area contributed by atoms with Gasteiger partial charge in [0.05, 0.1) is 0 Å². The Bertz CT molecular complexity index is 552. The zero-order chi connectivity index (χ0) is 10.7. The maximum absolute atomic E-state index is 11.6. The Kier molecular flexibility index (Phi) is 2.68. The van der Waals surface area contributed by atoms with Crippen LogP contribution in [0.1, 0.15) is 18.9 Å². The highest BCUT2D eigenvalue weighted by atomic mass is 16.1. The highest BCUT2D eigenvalue weighted by Gasteiger charge is 1.98. The summed E-state index contributed by atoms with van der Waals surface area (Å²) >= 11 is 0. The van der Waals surface area contributed by atoms with Crippen molar-refractivity contribution in [2.45, 2.75) is 13.3 Å². The Balaban J connectivity index is 2.62. The van der Waals surface area contributed by atoms with Crippen LogP contribution in [0.4, 0.5) is 0 Å². The van der Waals surface area contributed by atoms with Gasteiger partial charge in [-0.25, -0.2) is 0 Å². The fourth-order valence-electron chi connectivity index (χ4n) is 1.53. The predicted octanol–water partition coefficient (Wildman–Crippen LogP) is 2.95. The van der Waals surface area contributed by atoms with Crippen LogP contribution in [-0.4, -0.2) is 4.98 Å². The van der Waals surface area contributed by atoms with Gasteiger partial charge in [-0.2, -0.15) is 0 Å². The zero-order valence-electron chi connectivity index (χ0n) is 8.66. The number of aromatic nitrogens is 1. The summed E-state index contributed by atoms with van der Waals surface area (Å²) < 4.78 is 0. The molecule has 0 aliphatic rings. The van der Waals surface area contributed by atoms with E-state index in [1.165, 1.54) is 0 Å². The Morgan fingerprint density at radius 3 is 2.93 bits per heavy atom. The second-order valence-corrected chi connectivity index (χ2v) is 3.45. The van der Waals surface area contributed by atoms with Gasteiger partial charge in [0.15, 0.2) is 0 Å². The number of hydrogen-bond acceptors (Lipinski definition) is 1. The Morgan fingerprint density at radius 2 is 2.13 bits per heavy atom. The van der Waals surface area contributed by atoms with Crippen LogP contribution in [0.5, 0.6) is 0 Å². The minimum Gasteiger partial charge on any atom is -0.321 e. The molecule has 2 nitrogen and oxygen atoms in total. The van der Waals surface area contributed by atoms with Gasteiger partial charge in [-0.1, -0.05) is 37.3 Å². The molecule has 0 fully saturated rings. The van der Waals surface area contributed by atoms with Gasteiger partial charge in [-0.05, 0) is 23.9 Å². The monoisotopic (exact) mass is 199 g/mol. The standard InChI is InChI=1S/C13H13NO/c1-2-3-6-11-9-10-7-4-5-8-12(10)14-13(11)15/h3-9H,2H2,1H3,(H,14,15). The van der Waals surface area contributed by atoms with E-state index in [0.29, 0.717) is 0 Å². The molecule has 0 saturated heterocycles. The first-order valence-corrected chi connectivity index (χ1v) is 5.10. The van der Waals surface area contributed by atoms with Crippen molar-refractivity contribution < 1.29 is 0 Å². The third-order valence-electron chi connectivity index (χ3n) is 2.32. The number of benzene rings is 1. The average molecular weight is 199 g/mol. The highest BCUT2D eigenvalue weighted by molar-refractivity contribution is 5.80. The molecule has 0 bridgehead atoms. The first-order valence-electron chi connectivity index (χ1n) is 5.10. The number of nitrogens with one attached hydrogen (secondary N) is 1. The lowest BCUT2D eigenvalue weighted by atomic mass is 10.1. The lowest BCUT2D eigenvalue weighted by Gasteiger charge is -1.98. The summed E-state index contributed by atoms with van der Waals surface area (Å²) in [5.74, 6) is 0. The number of hydrogen-bond donors (Lipinski definition) is 1. The molecule has 1 heterocycles. The van der Waals surface area contributed by atoms with Crippen molar-refractivity contribution in [3.63, 3.8) is 0 Å². The number of fused-ring (bicyclic) bond motifs is 1. The summed E-state index contributed by atoms with van der Waals surface area (Å²) in [5.41, 5.74) is 1.57. The van der Waals surface area contributed by atoms with Gasteiger partial charge >= 0.3 is 0 Å². The van der Waals surface area contributed by atoms with Crippen molar-refractivity contribution in [2.75, 3.05) is 0 Å². The van der Waals surface area contributed by atoms with Crippen molar-refractivity contribution in [1.29, 1.82) is 0 Å². The highest BCUT2D eigenvalue weighted by Crippen LogP contribution is 2.10. The topological polar surface area (TPSA) is 32.9 Å². The van der Waals surface area contributed by atoms with Gasteiger partial charge in [0.1, 0.15) is 0 Å². The van der Waals surface area contributed by atoms with E-state index in [-0.39, 0.29) is 5.56 Å². The van der Waals surface area contributed by atoms with Crippen molar-refractivity contribution in [3.8, 4) is 0 Å². The molecule has 2 rings (SSSR count). The molecular formula is C13H13NO. The van der Waals surface area contributed by atoms with Crippen molar-refractivity contribution in [3.05, 3.63) is 52.3 Å².